The number of anilines is 1. The Labute approximate surface area is 188 Å². The van der Waals surface area contributed by atoms with E-state index in [1.54, 1.807) is 30.3 Å². The van der Waals surface area contributed by atoms with Gasteiger partial charge in [0.1, 0.15) is 6.61 Å². The molecule has 0 aliphatic heterocycles. The van der Waals surface area contributed by atoms with Crippen molar-refractivity contribution in [3.63, 3.8) is 0 Å². The fourth-order valence-corrected chi connectivity index (χ4v) is 2.92. The molecule has 2 aromatic rings. The van der Waals surface area contributed by atoms with Crippen LogP contribution in [0.2, 0.25) is 0 Å². The molecule has 0 aromatic heterocycles. The molecule has 0 spiro atoms. The van der Waals surface area contributed by atoms with Crippen molar-refractivity contribution in [1.29, 1.82) is 5.41 Å². The van der Waals surface area contributed by atoms with Crippen molar-refractivity contribution in [2.24, 2.45) is 5.73 Å². The number of amides is 2. The minimum absolute atomic E-state index is 0.177. The first-order valence-electron chi connectivity index (χ1n) is 9.55. The zero-order valence-electron chi connectivity index (χ0n) is 17.3. The normalized spacial score (nSPS) is 12.1. The van der Waals surface area contributed by atoms with Gasteiger partial charge in [0.2, 0.25) is 5.91 Å². The van der Waals surface area contributed by atoms with Crippen LogP contribution in [0.5, 0.6) is 0 Å². The molecule has 0 aliphatic carbocycles. The number of carboxylic acids is 2. The number of aliphatic carboxylic acids is 2. The summed E-state index contributed by atoms with van der Waals surface area (Å²) in [5, 5.41) is 32.9. The second-order valence-electron chi connectivity index (χ2n) is 6.80. The lowest BCUT2D eigenvalue weighted by Crippen LogP contribution is -2.52. The highest BCUT2D eigenvalue weighted by Gasteiger charge is 2.38. The first kappa shape index (κ1) is 24.8. The Balaban J connectivity index is 2.16. The molecular formula is C21H23N5O7. The zero-order chi connectivity index (χ0) is 24.4. The maximum Gasteiger partial charge on any atom is 0.329 e. The summed E-state index contributed by atoms with van der Waals surface area (Å²) < 4.78 is 5.34. The standard InChI is InChI=1S/C21H23N5O7/c22-20(23)25-15-8-4-5-13(9-15)19(32)24-11-16(27)26-21(10-17(28)29,33-12-18(30)31)14-6-2-1-3-7-14/h1-9H,10-12H2,(H,24,32)(H,26,27)(H,28,29)(H,30,31)(H4,22,23,25). The van der Waals surface area contributed by atoms with Crippen molar-refractivity contribution < 1.29 is 34.1 Å². The number of nitrogens with two attached hydrogens (primary N) is 1. The fourth-order valence-electron chi connectivity index (χ4n) is 2.92. The van der Waals surface area contributed by atoms with Crippen LogP contribution in [0, 0.1) is 5.41 Å². The smallest absolute Gasteiger partial charge is 0.329 e. The van der Waals surface area contributed by atoms with Crippen molar-refractivity contribution in [3.8, 4) is 0 Å². The van der Waals surface area contributed by atoms with Crippen LogP contribution < -0.4 is 21.7 Å². The van der Waals surface area contributed by atoms with Gasteiger partial charge in [-0.15, -0.1) is 0 Å². The molecule has 0 heterocycles. The third-order valence-corrected chi connectivity index (χ3v) is 4.24. The van der Waals surface area contributed by atoms with E-state index >= 15 is 0 Å². The van der Waals surface area contributed by atoms with Crippen molar-refractivity contribution in [2.75, 3.05) is 18.5 Å². The fraction of sp³-hybridized carbons (Fsp3) is 0.190. The predicted octanol–water partition coefficient (Wildman–Crippen LogP) is 0.267. The van der Waals surface area contributed by atoms with Gasteiger partial charge in [0.05, 0.1) is 13.0 Å². The van der Waals surface area contributed by atoms with Crippen molar-refractivity contribution in [3.05, 3.63) is 65.7 Å². The van der Waals surface area contributed by atoms with Crippen LogP contribution in [-0.4, -0.2) is 53.1 Å². The van der Waals surface area contributed by atoms with E-state index in [4.69, 9.17) is 21.0 Å². The van der Waals surface area contributed by atoms with Gasteiger partial charge in [-0.1, -0.05) is 36.4 Å². The number of nitrogens with one attached hydrogen (secondary N) is 4. The second-order valence-corrected chi connectivity index (χ2v) is 6.80. The van der Waals surface area contributed by atoms with Gasteiger partial charge in [-0.3, -0.25) is 19.8 Å². The third-order valence-electron chi connectivity index (χ3n) is 4.24. The van der Waals surface area contributed by atoms with Crippen LogP contribution in [0.4, 0.5) is 5.69 Å². The summed E-state index contributed by atoms with van der Waals surface area (Å²) in [7, 11) is 0. The maximum absolute atomic E-state index is 12.6. The van der Waals surface area contributed by atoms with E-state index < -0.39 is 49.1 Å². The van der Waals surface area contributed by atoms with Gasteiger partial charge in [0.25, 0.3) is 5.91 Å². The molecule has 33 heavy (non-hydrogen) atoms. The Morgan fingerprint density at radius 1 is 1.00 bits per heavy atom. The SMILES string of the molecule is N=C(N)Nc1cccc(C(=O)NCC(=O)NC(CC(=O)O)(OCC(=O)O)c2ccccc2)c1. The molecule has 0 aliphatic rings. The molecule has 0 bridgehead atoms. The lowest BCUT2D eigenvalue weighted by atomic mass is 9.98. The van der Waals surface area contributed by atoms with E-state index in [1.165, 1.54) is 24.3 Å². The second kappa shape index (κ2) is 11.2. The first-order valence-corrected chi connectivity index (χ1v) is 9.55. The highest BCUT2D eigenvalue weighted by Crippen LogP contribution is 2.27. The minimum Gasteiger partial charge on any atom is -0.481 e. The van der Waals surface area contributed by atoms with E-state index in [0.29, 0.717) is 5.69 Å². The van der Waals surface area contributed by atoms with E-state index in [1.807, 2.05) is 0 Å². The number of ether oxygens (including phenoxy) is 1. The van der Waals surface area contributed by atoms with Crippen LogP contribution in [-0.2, 0) is 24.8 Å². The number of guanidine groups is 1. The Morgan fingerprint density at radius 2 is 1.70 bits per heavy atom. The summed E-state index contributed by atoms with van der Waals surface area (Å²) in [6, 6.07) is 13.8. The predicted molar refractivity (Wildman–Crippen MR) is 116 cm³/mol. The zero-order valence-corrected chi connectivity index (χ0v) is 17.3. The summed E-state index contributed by atoms with van der Waals surface area (Å²) in [4.78, 5) is 47.6. The molecule has 2 amide bonds. The lowest BCUT2D eigenvalue weighted by molar-refractivity contribution is -0.166. The van der Waals surface area contributed by atoms with Crippen molar-refractivity contribution >= 4 is 35.4 Å². The molecule has 8 N–H and O–H groups in total. The number of hydrogen-bond donors (Lipinski definition) is 7. The molecule has 2 rings (SSSR count). The van der Waals surface area contributed by atoms with Crippen molar-refractivity contribution in [2.45, 2.75) is 12.1 Å². The number of hydrogen-bond acceptors (Lipinski definition) is 6. The molecule has 12 heteroatoms. The number of carbonyl (C=O) groups is 4. The van der Waals surface area contributed by atoms with Crippen LogP contribution in [0.3, 0.4) is 0 Å². The molecule has 0 fully saturated rings. The lowest BCUT2D eigenvalue weighted by Gasteiger charge is -2.33. The van der Waals surface area contributed by atoms with Crippen LogP contribution in [0.25, 0.3) is 0 Å². The van der Waals surface area contributed by atoms with E-state index in [2.05, 4.69) is 16.0 Å². The van der Waals surface area contributed by atoms with Gasteiger partial charge >= 0.3 is 11.9 Å². The third kappa shape index (κ3) is 7.63. The number of carbonyl (C=O) groups excluding carboxylic acids is 2. The largest absolute Gasteiger partial charge is 0.481 e. The molecule has 12 nitrogen and oxygen atoms in total. The summed E-state index contributed by atoms with van der Waals surface area (Å²) in [6.45, 7) is -1.42. The van der Waals surface area contributed by atoms with E-state index in [0.717, 1.165) is 0 Å². The minimum atomic E-state index is -1.97. The highest BCUT2D eigenvalue weighted by molar-refractivity contribution is 5.98. The topological polar surface area (TPSA) is 204 Å². The summed E-state index contributed by atoms with van der Waals surface area (Å²) in [5.41, 5.74) is 4.08. The van der Waals surface area contributed by atoms with Crippen molar-refractivity contribution in [1.82, 2.24) is 10.6 Å². The molecule has 2 aromatic carbocycles. The van der Waals surface area contributed by atoms with Crippen LogP contribution >= 0.6 is 0 Å². The van der Waals surface area contributed by atoms with Gasteiger partial charge in [0.15, 0.2) is 11.7 Å². The molecule has 1 unspecified atom stereocenters. The Hall–Kier alpha value is -4.45. The molecule has 174 valence electrons. The first-order chi connectivity index (χ1) is 15.6. The average molecular weight is 457 g/mol. The molecule has 0 saturated heterocycles. The number of benzene rings is 2. The highest BCUT2D eigenvalue weighted by atomic mass is 16.5. The van der Waals surface area contributed by atoms with Gasteiger partial charge in [-0.05, 0) is 18.2 Å². The Morgan fingerprint density at radius 3 is 2.30 bits per heavy atom. The maximum atomic E-state index is 12.6. The van der Waals surface area contributed by atoms with Crippen LogP contribution in [0.15, 0.2) is 54.6 Å². The van der Waals surface area contributed by atoms with Gasteiger partial charge < -0.3 is 36.6 Å². The van der Waals surface area contributed by atoms with Gasteiger partial charge in [-0.25, -0.2) is 4.79 Å². The van der Waals surface area contributed by atoms with E-state index in [-0.39, 0.29) is 17.1 Å². The monoisotopic (exact) mass is 457 g/mol. The number of rotatable bonds is 11. The Kier molecular flexibility index (Phi) is 8.46. The summed E-state index contributed by atoms with van der Waals surface area (Å²) in [5.74, 6) is -4.45. The summed E-state index contributed by atoms with van der Waals surface area (Å²) >= 11 is 0. The Bertz CT molecular complexity index is 1040. The molecule has 0 saturated carbocycles. The number of carboxylic acid groups (broad SMARTS) is 2. The van der Waals surface area contributed by atoms with E-state index in [9.17, 15) is 24.3 Å². The van der Waals surface area contributed by atoms with Gasteiger partial charge in [0, 0.05) is 16.8 Å². The molecular weight excluding hydrogens is 434 g/mol. The average Bonchev–Trinajstić information content (AvgIpc) is 2.75. The molecule has 0 radical (unpaired) electrons. The van der Waals surface area contributed by atoms with Crippen LogP contribution in [0.1, 0.15) is 22.3 Å². The summed E-state index contributed by atoms with van der Waals surface area (Å²) in [6.07, 6.45) is -0.761. The quantitative estimate of drug-likeness (QED) is 0.140. The molecule has 1 atom stereocenters. The van der Waals surface area contributed by atoms with Gasteiger partial charge in [-0.2, -0.15) is 0 Å².